The molecule has 2 aromatic rings. The van der Waals surface area contributed by atoms with Crippen molar-refractivity contribution in [1.29, 1.82) is 0 Å². The van der Waals surface area contributed by atoms with Crippen LogP contribution in [0.25, 0.3) is 11.0 Å². The third-order valence-electron chi connectivity index (χ3n) is 2.60. The topological polar surface area (TPSA) is 40.7 Å². The van der Waals surface area contributed by atoms with Crippen LogP contribution in [0.4, 0.5) is 0 Å². The summed E-state index contributed by atoms with van der Waals surface area (Å²) in [4.78, 5) is 7.92. The SMILES string of the molecule is CCNCCCSc1nc2ccc(C)cc2[nH]1. The first kappa shape index (κ1) is 12.5. The Bertz CT molecular complexity index is 478. The fourth-order valence-electron chi connectivity index (χ4n) is 1.71. The Labute approximate surface area is 106 Å². The van der Waals surface area contributed by atoms with E-state index in [-0.39, 0.29) is 0 Å². The van der Waals surface area contributed by atoms with Crippen LogP contribution in [0.1, 0.15) is 18.9 Å². The van der Waals surface area contributed by atoms with Crippen LogP contribution in [0.15, 0.2) is 23.4 Å². The molecule has 1 heterocycles. The molecular weight excluding hydrogens is 230 g/mol. The third kappa shape index (κ3) is 3.48. The van der Waals surface area contributed by atoms with E-state index in [2.05, 4.69) is 47.3 Å². The number of thioether (sulfide) groups is 1. The van der Waals surface area contributed by atoms with Crippen LogP contribution in [0.5, 0.6) is 0 Å². The Hall–Kier alpha value is -1.00. The van der Waals surface area contributed by atoms with E-state index in [1.807, 2.05) is 0 Å². The fourth-order valence-corrected chi connectivity index (χ4v) is 2.54. The zero-order valence-corrected chi connectivity index (χ0v) is 11.2. The lowest BCUT2D eigenvalue weighted by molar-refractivity contribution is 0.707. The summed E-state index contributed by atoms with van der Waals surface area (Å²) < 4.78 is 0. The van der Waals surface area contributed by atoms with Crippen LogP contribution < -0.4 is 5.32 Å². The van der Waals surface area contributed by atoms with Crippen molar-refractivity contribution in [2.75, 3.05) is 18.8 Å². The van der Waals surface area contributed by atoms with Gasteiger partial charge in [0, 0.05) is 5.75 Å². The number of fused-ring (bicyclic) bond motifs is 1. The highest BCUT2D eigenvalue weighted by atomic mass is 32.2. The van der Waals surface area contributed by atoms with Crippen LogP contribution >= 0.6 is 11.8 Å². The Morgan fingerprint density at radius 1 is 1.41 bits per heavy atom. The molecule has 2 rings (SSSR count). The summed E-state index contributed by atoms with van der Waals surface area (Å²) in [6.07, 6.45) is 1.18. The number of rotatable bonds is 6. The molecule has 0 aliphatic carbocycles. The van der Waals surface area contributed by atoms with Gasteiger partial charge in [0.2, 0.25) is 0 Å². The number of nitrogens with one attached hydrogen (secondary N) is 2. The normalized spacial score (nSPS) is 11.2. The van der Waals surface area contributed by atoms with E-state index in [9.17, 15) is 0 Å². The van der Waals surface area contributed by atoms with Crippen molar-refractivity contribution < 1.29 is 0 Å². The second kappa shape index (κ2) is 6.07. The van der Waals surface area contributed by atoms with Crippen molar-refractivity contribution in [1.82, 2.24) is 15.3 Å². The van der Waals surface area contributed by atoms with E-state index < -0.39 is 0 Å². The molecule has 0 unspecified atom stereocenters. The number of nitrogens with zero attached hydrogens (tertiary/aromatic N) is 1. The Morgan fingerprint density at radius 2 is 2.29 bits per heavy atom. The van der Waals surface area contributed by atoms with Gasteiger partial charge in [-0.3, -0.25) is 0 Å². The smallest absolute Gasteiger partial charge is 0.166 e. The fraction of sp³-hybridized carbons (Fsp3) is 0.462. The minimum absolute atomic E-state index is 1.03. The van der Waals surface area contributed by atoms with Crippen molar-refractivity contribution in [2.45, 2.75) is 25.4 Å². The number of aromatic nitrogens is 2. The second-order valence-corrected chi connectivity index (χ2v) is 5.20. The van der Waals surface area contributed by atoms with Crippen LogP contribution in [-0.4, -0.2) is 28.8 Å². The molecule has 0 spiro atoms. The highest BCUT2D eigenvalue weighted by molar-refractivity contribution is 7.99. The van der Waals surface area contributed by atoms with Crippen molar-refractivity contribution in [3.05, 3.63) is 23.8 Å². The number of hydrogen-bond donors (Lipinski definition) is 2. The van der Waals surface area contributed by atoms with Gasteiger partial charge in [0.05, 0.1) is 11.0 Å². The number of aromatic amines is 1. The summed E-state index contributed by atoms with van der Waals surface area (Å²) in [5.41, 5.74) is 3.47. The summed E-state index contributed by atoms with van der Waals surface area (Å²) in [5.74, 6) is 1.10. The largest absolute Gasteiger partial charge is 0.333 e. The number of benzene rings is 1. The van der Waals surface area contributed by atoms with Gasteiger partial charge in [0.15, 0.2) is 5.16 Å². The van der Waals surface area contributed by atoms with Gasteiger partial charge >= 0.3 is 0 Å². The zero-order valence-electron chi connectivity index (χ0n) is 10.4. The quantitative estimate of drug-likeness (QED) is 0.611. The average Bonchev–Trinajstić information content (AvgIpc) is 2.70. The maximum atomic E-state index is 4.56. The maximum Gasteiger partial charge on any atom is 0.166 e. The summed E-state index contributed by atoms with van der Waals surface area (Å²) >= 11 is 1.80. The first-order chi connectivity index (χ1) is 8.29. The lowest BCUT2D eigenvalue weighted by Crippen LogP contribution is -2.14. The molecule has 0 fully saturated rings. The highest BCUT2D eigenvalue weighted by Crippen LogP contribution is 2.20. The molecular formula is C13H19N3S. The Morgan fingerprint density at radius 3 is 3.12 bits per heavy atom. The predicted octanol–water partition coefficient (Wildman–Crippen LogP) is 2.96. The van der Waals surface area contributed by atoms with E-state index in [1.165, 1.54) is 12.0 Å². The maximum absolute atomic E-state index is 4.56. The van der Waals surface area contributed by atoms with Gasteiger partial charge < -0.3 is 10.3 Å². The van der Waals surface area contributed by atoms with Gasteiger partial charge in [0.1, 0.15) is 0 Å². The molecule has 1 aromatic heterocycles. The third-order valence-corrected chi connectivity index (χ3v) is 3.56. The Kier molecular flexibility index (Phi) is 4.45. The molecule has 3 nitrogen and oxygen atoms in total. The minimum Gasteiger partial charge on any atom is -0.333 e. The van der Waals surface area contributed by atoms with Gasteiger partial charge in [-0.2, -0.15) is 0 Å². The van der Waals surface area contributed by atoms with Gasteiger partial charge in [-0.15, -0.1) is 0 Å². The van der Waals surface area contributed by atoms with Crippen molar-refractivity contribution >= 4 is 22.8 Å². The van der Waals surface area contributed by atoms with Gasteiger partial charge in [-0.05, 0) is 44.1 Å². The van der Waals surface area contributed by atoms with E-state index >= 15 is 0 Å². The lowest BCUT2D eigenvalue weighted by Gasteiger charge is -1.99. The number of hydrogen-bond acceptors (Lipinski definition) is 3. The number of H-pyrrole nitrogens is 1. The molecule has 0 saturated heterocycles. The predicted molar refractivity (Wildman–Crippen MR) is 74.7 cm³/mol. The van der Waals surface area contributed by atoms with Crippen LogP contribution in [-0.2, 0) is 0 Å². The van der Waals surface area contributed by atoms with Gasteiger partial charge in [-0.25, -0.2) is 4.98 Å². The summed E-state index contributed by atoms with van der Waals surface area (Å²) in [5, 5.41) is 4.35. The van der Waals surface area contributed by atoms with Gasteiger partial charge in [-0.1, -0.05) is 24.8 Å². The number of imidazole rings is 1. The van der Waals surface area contributed by atoms with Crippen LogP contribution in [0, 0.1) is 6.92 Å². The molecule has 92 valence electrons. The van der Waals surface area contributed by atoms with Crippen molar-refractivity contribution in [3.8, 4) is 0 Å². The first-order valence-corrected chi connectivity index (χ1v) is 7.08. The standard InChI is InChI=1S/C13H19N3S/c1-3-14-7-4-8-17-13-15-11-6-5-10(2)9-12(11)16-13/h5-6,9,14H,3-4,7-8H2,1-2H3,(H,15,16). The molecule has 0 radical (unpaired) electrons. The van der Waals surface area contributed by atoms with E-state index in [4.69, 9.17) is 0 Å². The monoisotopic (exact) mass is 249 g/mol. The lowest BCUT2D eigenvalue weighted by atomic mass is 10.2. The highest BCUT2D eigenvalue weighted by Gasteiger charge is 2.02. The molecule has 17 heavy (non-hydrogen) atoms. The molecule has 0 aliphatic heterocycles. The average molecular weight is 249 g/mol. The molecule has 0 amide bonds. The van der Waals surface area contributed by atoms with E-state index in [0.717, 1.165) is 35.0 Å². The van der Waals surface area contributed by atoms with Gasteiger partial charge in [0.25, 0.3) is 0 Å². The molecule has 0 saturated carbocycles. The minimum atomic E-state index is 1.03. The summed E-state index contributed by atoms with van der Waals surface area (Å²) in [7, 11) is 0. The molecule has 0 aliphatic rings. The molecule has 4 heteroatoms. The molecule has 2 N–H and O–H groups in total. The van der Waals surface area contributed by atoms with Crippen molar-refractivity contribution in [3.63, 3.8) is 0 Å². The zero-order chi connectivity index (χ0) is 12.1. The molecule has 1 aromatic carbocycles. The van der Waals surface area contributed by atoms with Crippen LogP contribution in [0.3, 0.4) is 0 Å². The summed E-state index contributed by atoms with van der Waals surface area (Å²) in [6, 6.07) is 6.32. The van der Waals surface area contributed by atoms with E-state index in [1.54, 1.807) is 11.8 Å². The van der Waals surface area contributed by atoms with Crippen molar-refractivity contribution in [2.24, 2.45) is 0 Å². The summed E-state index contributed by atoms with van der Waals surface area (Å²) in [6.45, 7) is 6.37. The van der Waals surface area contributed by atoms with Crippen LogP contribution in [0.2, 0.25) is 0 Å². The molecule has 0 bridgehead atoms. The Balaban J connectivity index is 1.91. The number of aryl methyl sites for hydroxylation is 1. The van der Waals surface area contributed by atoms with E-state index in [0.29, 0.717) is 0 Å². The second-order valence-electron chi connectivity index (χ2n) is 4.12. The first-order valence-electron chi connectivity index (χ1n) is 6.09. The molecule has 0 atom stereocenters.